The largest absolute Gasteiger partial charge is 2.00 e. The summed E-state index contributed by atoms with van der Waals surface area (Å²) in [6.45, 7) is 1.99. The molecule has 0 aliphatic heterocycles. The zero-order valence-corrected chi connectivity index (χ0v) is 14.5. The molecule has 0 saturated carbocycles. The normalized spacial score (nSPS) is 9.81. The molecule has 0 aromatic heterocycles. The molecule has 113 valence electrons. The fourth-order valence-corrected chi connectivity index (χ4v) is 1.79. The first-order valence-corrected chi connectivity index (χ1v) is 6.77. The van der Waals surface area contributed by atoms with Crippen LogP contribution in [0.4, 0.5) is 0 Å². The third-order valence-corrected chi connectivity index (χ3v) is 2.54. The molecule has 21 heavy (non-hydrogen) atoms. The maximum Gasteiger partial charge on any atom is 2.00 e. The van der Waals surface area contributed by atoms with E-state index in [1.165, 1.54) is 11.1 Å². The zero-order chi connectivity index (χ0) is 14.8. The minimum atomic E-state index is 0. The number of rotatable bonds is 4. The molecule has 0 atom stereocenters. The first kappa shape index (κ1) is 19.9. The van der Waals surface area contributed by atoms with Gasteiger partial charge in [0.15, 0.2) is 0 Å². The average Bonchev–Trinajstić information content (AvgIpc) is 2.40. The second kappa shape index (κ2) is 11.5. The Bertz CT molecular complexity index is 410. The third kappa shape index (κ3) is 10.3. The van der Waals surface area contributed by atoms with Gasteiger partial charge < -0.3 is 9.80 Å². The summed E-state index contributed by atoms with van der Waals surface area (Å²) in [4.78, 5) is 4.28. The van der Waals surface area contributed by atoms with Crippen molar-refractivity contribution in [2.24, 2.45) is 0 Å². The first-order chi connectivity index (χ1) is 9.58. The summed E-state index contributed by atoms with van der Waals surface area (Å²) in [5, 5.41) is 0. The molecule has 2 rings (SSSR count). The van der Waals surface area contributed by atoms with E-state index in [1.807, 2.05) is 36.4 Å². The molecule has 2 aromatic rings. The van der Waals surface area contributed by atoms with Crippen LogP contribution in [0.5, 0.6) is 0 Å². The molecule has 1 radical (unpaired) electrons. The van der Waals surface area contributed by atoms with Crippen molar-refractivity contribution in [1.29, 1.82) is 0 Å². The van der Waals surface area contributed by atoms with Crippen LogP contribution in [0.25, 0.3) is 0 Å². The van der Waals surface area contributed by atoms with E-state index in [4.69, 9.17) is 0 Å². The predicted molar refractivity (Wildman–Crippen MR) is 85.3 cm³/mol. The summed E-state index contributed by atoms with van der Waals surface area (Å²) >= 11 is 0. The molecule has 0 bridgehead atoms. The number of nitrogens with zero attached hydrogens (tertiary/aromatic N) is 2. The van der Waals surface area contributed by atoms with Crippen molar-refractivity contribution in [3.05, 3.63) is 71.8 Å². The Labute approximate surface area is 140 Å². The molecule has 0 fully saturated rings. The van der Waals surface area contributed by atoms with Crippen LogP contribution in [0.1, 0.15) is 11.1 Å². The number of hydrogen-bond acceptors (Lipinski definition) is 2. The summed E-state index contributed by atoms with van der Waals surface area (Å²) < 4.78 is 0. The van der Waals surface area contributed by atoms with Gasteiger partial charge in [0.05, 0.1) is 0 Å². The van der Waals surface area contributed by atoms with E-state index >= 15 is 0 Å². The summed E-state index contributed by atoms with van der Waals surface area (Å²) in [7, 11) is 8.25. The van der Waals surface area contributed by atoms with Crippen LogP contribution in [0.2, 0.25) is 0 Å². The maximum atomic E-state index is 3.04. The minimum Gasteiger partial charge on any atom is -0.316 e. The van der Waals surface area contributed by atoms with Gasteiger partial charge in [0, 0.05) is 0 Å². The van der Waals surface area contributed by atoms with Crippen LogP contribution in [0.15, 0.2) is 48.5 Å². The molecular formula is C18H24MnN2. The Balaban J connectivity index is 0.000000364. The molecular weight excluding hydrogens is 299 g/mol. The third-order valence-electron chi connectivity index (χ3n) is 2.54. The van der Waals surface area contributed by atoms with Crippen molar-refractivity contribution < 1.29 is 17.1 Å². The van der Waals surface area contributed by atoms with E-state index in [0.29, 0.717) is 0 Å². The molecule has 2 aromatic carbocycles. The van der Waals surface area contributed by atoms with Gasteiger partial charge in [-0.05, 0) is 41.3 Å². The molecule has 0 aliphatic rings. The summed E-state index contributed by atoms with van der Waals surface area (Å²) in [6, 6.07) is 22.2. The Kier molecular flexibility index (Phi) is 10.9. The van der Waals surface area contributed by atoms with E-state index in [2.05, 4.69) is 62.3 Å². The Morgan fingerprint density at radius 3 is 1.38 bits per heavy atom. The van der Waals surface area contributed by atoms with E-state index in [-0.39, 0.29) is 17.1 Å². The molecule has 0 heterocycles. The van der Waals surface area contributed by atoms with Crippen molar-refractivity contribution in [1.82, 2.24) is 9.80 Å². The van der Waals surface area contributed by atoms with Crippen LogP contribution in [0.3, 0.4) is 0 Å². The summed E-state index contributed by atoms with van der Waals surface area (Å²) in [6.07, 6.45) is 0. The van der Waals surface area contributed by atoms with E-state index in [0.717, 1.165) is 13.1 Å². The van der Waals surface area contributed by atoms with Gasteiger partial charge in [0.25, 0.3) is 0 Å². The molecule has 0 amide bonds. The van der Waals surface area contributed by atoms with Gasteiger partial charge in [-0.1, -0.05) is 0 Å². The minimum absolute atomic E-state index is 0. The van der Waals surface area contributed by atoms with Gasteiger partial charge in [0.2, 0.25) is 0 Å². The monoisotopic (exact) mass is 323 g/mol. The Hall–Kier alpha value is -1.12. The first-order valence-electron chi connectivity index (χ1n) is 6.77. The van der Waals surface area contributed by atoms with Gasteiger partial charge in [-0.15, -0.1) is 11.1 Å². The van der Waals surface area contributed by atoms with E-state index < -0.39 is 0 Å². The average molecular weight is 323 g/mol. The quantitative estimate of drug-likeness (QED) is 0.630. The number of hydrogen-bond donors (Lipinski definition) is 0. The molecule has 2 nitrogen and oxygen atoms in total. The van der Waals surface area contributed by atoms with Gasteiger partial charge >= 0.3 is 17.1 Å². The molecule has 0 unspecified atom stereocenters. The number of benzene rings is 2. The van der Waals surface area contributed by atoms with Crippen LogP contribution in [0, 0.1) is 12.1 Å². The molecule has 0 spiro atoms. The SMILES string of the molecule is CN(C)Cc1c[c-]ccc1.CN(C)Cc1c[c-]ccc1.[Mn+2]. The topological polar surface area (TPSA) is 6.48 Å². The molecule has 3 heteroatoms. The van der Waals surface area contributed by atoms with Crippen molar-refractivity contribution >= 4 is 0 Å². The van der Waals surface area contributed by atoms with Crippen LogP contribution in [-0.4, -0.2) is 38.0 Å². The second-order valence-electron chi connectivity index (χ2n) is 5.30. The van der Waals surface area contributed by atoms with E-state index in [9.17, 15) is 0 Å². The van der Waals surface area contributed by atoms with Gasteiger partial charge in [-0.3, -0.25) is 0 Å². The standard InChI is InChI=1S/2C9H12N.Mn/c2*1-10(2)8-9-6-4-3-5-7-9;/h2*3-4,6-7H,8H2,1-2H3;/q2*-1;+2. The van der Waals surface area contributed by atoms with Crippen LogP contribution in [-0.2, 0) is 30.2 Å². The fraction of sp³-hybridized carbons (Fsp3) is 0.333. The van der Waals surface area contributed by atoms with Gasteiger partial charge in [-0.2, -0.15) is 60.7 Å². The second-order valence-corrected chi connectivity index (χ2v) is 5.30. The summed E-state index contributed by atoms with van der Waals surface area (Å²) in [5.41, 5.74) is 2.63. The van der Waals surface area contributed by atoms with Crippen molar-refractivity contribution in [3.8, 4) is 0 Å². The molecule has 0 saturated heterocycles. The van der Waals surface area contributed by atoms with Crippen molar-refractivity contribution in [2.75, 3.05) is 28.2 Å². The fourth-order valence-electron chi connectivity index (χ4n) is 1.79. The predicted octanol–water partition coefficient (Wildman–Crippen LogP) is 3.09. The zero-order valence-electron chi connectivity index (χ0n) is 13.3. The molecule has 0 aliphatic carbocycles. The van der Waals surface area contributed by atoms with Crippen LogP contribution >= 0.6 is 0 Å². The molecule has 0 N–H and O–H groups in total. The Morgan fingerprint density at radius 1 is 0.762 bits per heavy atom. The van der Waals surface area contributed by atoms with Crippen LogP contribution < -0.4 is 0 Å². The van der Waals surface area contributed by atoms with Gasteiger partial charge in [0.1, 0.15) is 0 Å². The van der Waals surface area contributed by atoms with Crippen molar-refractivity contribution in [2.45, 2.75) is 13.1 Å². The maximum absolute atomic E-state index is 3.04. The smallest absolute Gasteiger partial charge is 0.316 e. The van der Waals surface area contributed by atoms with Crippen molar-refractivity contribution in [3.63, 3.8) is 0 Å². The Morgan fingerprint density at radius 2 is 1.14 bits per heavy atom. The summed E-state index contributed by atoms with van der Waals surface area (Å²) in [5.74, 6) is 0. The van der Waals surface area contributed by atoms with Gasteiger partial charge in [-0.25, -0.2) is 0 Å². The van der Waals surface area contributed by atoms with E-state index in [1.54, 1.807) is 0 Å².